The third-order valence-corrected chi connectivity index (χ3v) is 4.05. The highest BCUT2D eigenvalue weighted by Gasteiger charge is 2.17. The molecule has 0 radical (unpaired) electrons. The van der Waals surface area contributed by atoms with Crippen LogP contribution in [-0.2, 0) is 0 Å². The number of rotatable bonds is 3. The number of likely N-dealkylation sites (tertiary alicyclic amines) is 1. The van der Waals surface area contributed by atoms with Crippen LogP contribution in [0, 0.1) is 6.92 Å². The van der Waals surface area contributed by atoms with Crippen LogP contribution in [-0.4, -0.2) is 29.9 Å². The molecule has 0 unspecified atom stereocenters. The number of aryl methyl sites for hydroxylation is 1. The van der Waals surface area contributed by atoms with Crippen molar-refractivity contribution in [1.29, 1.82) is 0 Å². The van der Waals surface area contributed by atoms with Gasteiger partial charge in [-0.2, -0.15) is 0 Å². The van der Waals surface area contributed by atoms with Gasteiger partial charge in [0.15, 0.2) is 0 Å². The zero-order valence-corrected chi connectivity index (χ0v) is 13.7. The summed E-state index contributed by atoms with van der Waals surface area (Å²) in [4.78, 5) is 26.2. The number of hydrogen-bond acceptors (Lipinski definition) is 2. The van der Waals surface area contributed by atoms with Crippen LogP contribution in [0.2, 0.25) is 0 Å². The minimum absolute atomic E-state index is 0.0883. The van der Waals surface area contributed by atoms with Crippen LogP contribution in [0.3, 0.4) is 0 Å². The lowest BCUT2D eigenvalue weighted by atomic mass is 10.1. The summed E-state index contributed by atoms with van der Waals surface area (Å²) in [5.74, 6) is -0.165. The molecule has 1 heterocycles. The quantitative estimate of drug-likeness (QED) is 0.900. The van der Waals surface area contributed by atoms with Gasteiger partial charge in [0.2, 0.25) is 0 Å². The minimum Gasteiger partial charge on any atom is -0.325 e. The normalized spacial score (nSPS) is 13.6. The van der Waals surface area contributed by atoms with Crippen molar-refractivity contribution < 1.29 is 9.59 Å². The van der Waals surface area contributed by atoms with Crippen molar-refractivity contribution in [2.24, 2.45) is 0 Å². The topological polar surface area (TPSA) is 61.4 Å². The molecule has 2 aromatic carbocycles. The minimum atomic E-state index is -0.165. The highest BCUT2D eigenvalue weighted by atomic mass is 16.2. The van der Waals surface area contributed by atoms with Gasteiger partial charge in [0.1, 0.15) is 0 Å². The molecule has 1 fully saturated rings. The Labute approximate surface area is 141 Å². The number of carbonyl (C=O) groups is 2. The van der Waals surface area contributed by atoms with Gasteiger partial charge in [-0.25, -0.2) is 4.79 Å². The van der Waals surface area contributed by atoms with E-state index in [-0.39, 0.29) is 11.9 Å². The van der Waals surface area contributed by atoms with E-state index in [9.17, 15) is 9.59 Å². The highest BCUT2D eigenvalue weighted by Crippen LogP contribution is 2.18. The summed E-state index contributed by atoms with van der Waals surface area (Å²) < 4.78 is 0. The molecular weight excluding hydrogens is 302 g/mol. The van der Waals surface area contributed by atoms with E-state index in [0.29, 0.717) is 16.9 Å². The summed E-state index contributed by atoms with van der Waals surface area (Å²) >= 11 is 0. The van der Waals surface area contributed by atoms with Crippen LogP contribution in [0.15, 0.2) is 48.5 Å². The molecule has 0 aliphatic carbocycles. The van der Waals surface area contributed by atoms with Crippen LogP contribution >= 0.6 is 0 Å². The lowest BCUT2D eigenvalue weighted by Gasteiger charge is -2.16. The van der Waals surface area contributed by atoms with E-state index in [1.807, 2.05) is 37.3 Å². The fraction of sp³-hybridized carbons (Fsp3) is 0.263. The summed E-state index contributed by atoms with van der Waals surface area (Å²) in [7, 11) is 0. The van der Waals surface area contributed by atoms with Gasteiger partial charge in [0.05, 0.1) is 0 Å². The van der Waals surface area contributed by atoms with Gasteiger partial charge >= 0.3 is 6.03 Å². The van der Waals surface area contributed by atoms with Crippen LogP contribution in [0.5, 0.6) is 0 Å². The largest absolute Gasteiger partial charge is 0.325 e. The van der Waals surface area contributed by atoms with Crippen LogP contribution in [0.25, 0.3) is 0 Å². The predicted molar refractivity (Wildman–Crippen MR) is 95.4 cm³/mol. The van der Waals surface area contributed by atoms with Gasteiger partial charge in [0.25, 0.3) is 5.91 Å². The zero-order valence-electron chi connectivity index (χ0n) is 13.7. The molecule has 0 saturated carbocycles. The average molecular weight is 323 g/mol. The predicted octanol–water partition coefficient (Wildman–Crippen LogP) is 3.88. The van der Waals surface area contributed by atoms with E-state index < -0.39 is 0 Å². The van der Waals surface area contributed by atoms with Gasteiger partial charge in [0, 0.05) is 30.0 Å². The average Bonchev–Trinajstić information content (AvgIpc) is 3.10. The number of urea groups is 1. The van der Waals surface area contributed by atoms with E-state index in [1.165, 1.54) is 0 Å². The number of anilines is 2. The second-order valence-electron chi connectivity index (χ2n) is 6.03. The maximum Gasteiger partial charge on any atom is 0.321 e. The molecule has 1 aliphatic rings. The Morgan fingerprint density at radius 1 is 0.917 bits per heavy atom. The Morgan fingerprint density at radius 3 is 2.29 bits per heavy atom. The fourth-order valence-corrected chi connectivity index (χ4v) is 2.79. The van der Waals surface area contributed by atoms with Crippen molar-refractivity contribution in [3.05, 3.63) is 59.7 Å². The Hall–Kier alpha value is -2.82. The molecule has 1 aliphatic heterocycles. The zero-order chi connectivity index (χ0) is 16.9. The lowest BCUT2D eigenvalue weighted by Crippen LogP contribution is -2.32. The first-order chi connectivity index (χ1) is 11.6. The van der Waals surface area contributed by atoms with Crippen molar-refractivity contribution in [2.45, 2.75) is 19.8 Å². The molecule has 0 atom stereocenters. The standard InChI is InChI=1S/C19H21N3O2/c1-14-6-4-7-15(12-14)18(23)20-16-8-5-9-17(13-16)21-19(24)22-10-2-3-11-22/h4-9,12-13H,2-3,10-11H2,1H3,(H,20,23)(H,21,24). The number of benzene rings is 2. The maximum atomic E-state index is 12.3. The van der Waals surface area contributed by atoms with Gasteiger partial charge in [-0.05, 0) is 50.1 Å². The molecule has 0 aromatic heterocycles. The first-order valence-corrected chi connectivity index (χ1v) is 8.16. The van der Waals surface area contributed by atoms with Crippen molar-refractivity contribution in [3.63, 3.8) is 0 Å². The van der Waals surface area contributed by atoms with Gasteiger partial charge in [-0.1, -0.05) is 23.8 Å². The third-order valence-electron chi connectivity index (χ3n) is 4.05. The second kappa shape index (κ2) is 7.17. The molecule has 0 bridgehead atoms. The summed E-state index contributed by atoms with van der Waals surface area (Å²) in [6.45, 7) is 3.55. The van der Waals surface area contributed by atoms with Crippen molar-refractivity contribution in [3.8, 4) is 0 Å². The third kappa shape index (κ3) is 3.93. The summed E-state index contributed by atoms with van der Waals surface area (Å²) in [5, 5.41) is 5.75. The van der Waals surface area contributed by atoms with Crippen molar-refractivity contribution in [1.82, 2.24) is 4.90 Å². The van der Waals surface area contributed by atoms with Crippen LogP contribution in [0.1, 0.15) is 28.8 Å². The number of nitrogens with zero attached hydrogens (tertiary/aromatic N) is 1. The smallest absolute Gasteiger partial charge is 0.321 e. The van der Waals surface area contributed by atoms with E-state index in [0.717, 1.165) is 31.5 Å². The van der Waals surface area contributed by atoms with Crippen LogP contribution in [0.4, 0.5) is 16.2 Å². The first kappa shape index (κ1) is 16.1. The number of nitrogens with one attached hydrogen (secondary N) is 2. The Bertz CT molecular complexity index is 752. The molecule has 3 amide bonds. The first-order valence-electron chi connectivity index (χ1n) is 8.16. The van der Waals surface area contributed by atoms with E-state index in [1.54, 1.807) is 23.1 Å². The maximum absolute atomic E-state index is 12.3. The Balaban J connectivity index is 1.66. The summed E-state index contributed by atoms with van der Waals surface area (Å²) in [5.41, 5.74) is 2.98. The van der Waals surface area contributed by atoms with E-state index in [2.05, 4.69) is 10.6 Å². The highest BCUT2D eigenvalue weighted by molar-refractivity contribution is 6.04. The SMILES string of the molecule is Cc1cccc(C(=O)Nc2cccc(NC(=O)N3CCCC3)c2)c1. The number of hydrogen-bond donors (Lipinski definition) is 2. The molecule has 5 heteroatoms. The molecular formula is C19H21N3O2. The molecule has 2 aromatic rings. The molecule has 124 valence electrons. The van der Waals surface area contributed by atoms with Gasteiger partial charge < -0.3 is 15.5 Å². The van der Waals surface area contributed by atoms with E-state index >= 15 is 0 Å². The van der Waals surface area contributed by atoms with Crippen molar-refractivity contribution >= 4 is 23.3 Å². The molecule has 3 rings (SSSR count). The fourth-order valence-electron chi connectivity index (χ4n) is 2.79. The molecule has 0 spiro atoms. The Kier molecular flexibility index (Phi) is 4.79. The molecule has 2 N–H and O–H groups in total. The second-order valence-corrected chi connectivity index (χ2v) is 6.03. The summed E-state index contributed by atoms with van der Waals surface area (Å²) in [6.07, 6.45) is 2.11. The van der Waals surface area contributed by atoms with Gasteiger partial charge in [-0.15, -0.1) is 0 Å². The number of amides is 3. The molecule has 24 heavy (non-hydrogen) atoms. The van der Waals surface area contributed by atoms with Crippen molar-refractivity contribution in [2.75, 3.05) is 23.7 Å². The van der Waals surface area contributed by atoms with Crippen LogP contribution < -0.4 is 10.6 Å². The molecule has 5 nitrogen and oxygen atoms in total. The lowest BCUT2D eigenvalue weighted by molar-refractivity contribution is 0.102. The Morgan fingerprint density at radius 2 is 1.58 bits per heavy atom. The molecule has 1 saturated heterocycles. The number of carbonyl (C=O) groups excluding carboxylic acids is 2. The van der Waals surface area contributed by atoms with Gasteiger partial charge in [-0.3, -0.25) is 4.79 Å². The monoisotopic (exact) mass is 323 g/mol. The van der Waals surface area contributed by atoms with E-state index in [4.69, 9.17) is 0 Å². The summed E-state index contributed by atoms with van der Waals surface area (Å²) in [6, 6.07) is 14.5.